The van der Waals surface area contributed by atoms with Gasteiger partial charge in [-0.3, -0.25) is 4.79 Å². The Balaban J connectivity index is 0.000000302. The lowest BCUT2D eigenvalue weighted by atomic mass is 10.1. The van der Waals surface area contributed by atoms with Crippen molar-refractivity contribution in [3.63, 3.8) is 0 Å². The SMILES string of the molecule is C.C.CCOC(=O)Cc1c(Cl)[nH]c2cc(Cl)ccc12.Clc1ccc2cc(Cl)[nH]c2c1. The van der Waals surface area contributed by atoms with E-state index in [1.807, 2.05) is 30.3 Å². The highest BCUT2D eigenvalue weighted by Crippen LogP contribution is 2.28. The van der Waals surface area contributed by atoms with Crippen molar-refractivity contribution in [1.29, 1.82) is 0 Å². The van der Waals surface area contributed by atoms with Crippen molar-refractivity contribution in [2.24, 2.45) is 0 Å². The number of halogens is 4. The van der Waals surface area contributed by atoms with Crippen molar-refractivity contribution in [3.05, 3.63) is 68.4 Å². The Hall–Kier alpha value is -1.85. The molecular formula is C22H24Cl4N2O2. The Bertz CT molecular complexity index is 1140. The second-order valence-corrected chi connectivity index (χ2v) is 7.60. The van der Waals surface area contributed by atoms with Crippen LogP contribution < -0.4 is 0 Å². The van der Waals surface area contributed by atoms with Gasteiger partial charge in [-0.2, -0.15) is 0 Å². The Morgan fingerprint density at radius 3 is 2.20 bits per heavy atom. The Labute approximate surface area is 196 Å². The first-order valence-electron chi connectivity index (χ1n) is 8.42. The van der Waals surface area contributed by atoms with Gasteiger partial charge in [-0.25, -0.2) is 0 Å². The summed E-state index contributed by atoms with van der Waals surface area (Å²) in [5, 5.41) is 4.42. The van der Waals surface area contributed by atoms with E-state index < -0.39 is 0 Å². The average Bonchev–Trinajstić information content (AvgIpc) is 3.14. The number of esters is 1. The van der Waals surface area contributed by atoms with E-state index in [1.54, 1.807) is 19.1 Å². The van der Waals surface area contributed by atoms with Crippen LogP contribution in [0.3, 0.4) is 0 Å². The van der Waals surface area contributed by atoms with Crippen molar-refractivity contribution >= 4 is 74.2 Å². The van der Waals surface area contributed by atoms with E-state index in [0.29, 0.717) is 21.9 Å². The summed E-state index contributed by atoms with van der Waals surface area (Å²) in [5.74, 6) is -0.287. The van der Waals surface area contributed by atoms with Crippen LogP contribution in [-0.2, 0) is 16.0 Å². The van der Waals surface area contributed by atoms with Crippen molar-refractivity contribution < 1.29 is 9.53 Å². The van der Waals surface area contributed by atoms with E-state index in [-0.39, 0.29) is 27.2 Å². The second-order valence-electron chi connectivity index (χ2n) is 5.94. The van der Waals surface area contributed by atoms with Gasteiger partial charge >= 0.3 is 5.97 Å². The molecule has 2 aromatic carbocycles. The molecule has 0 fully saturated rings. The number of hydrogen-bond donors (Lipinski definition) is 2. The summed E-state index contributed by atoms with van der Waals surface area (Å²) in [6, 6.07) is 12.9. The minimum Gasteiger partial charge on any atom is -0.466 e. The monoisotopic (exact) mass is 488 g/mol. The number of carbonyl (C=O) groups excluding carboxylic acids is 1. The van der Waals surface area contributed by atoms with Crippen LogP contribution in [0.1, 0.15) is 27.3 Å². The Morgan fingerprint density at radius 2 is 1.53 bits per heavy atom. The van der Waals surface area contributed by atoms with Crippen LogP contribution in [0.2, 0.25) is 20.4 Å². The van der Waals surface area contributed by atoms with Gasteiger partial charge in [0, 0.05) is 37.4 Å². The number of aromatic nitrogens is 2. The predicted octanol–water partition coefficient (Wildman–Crippen LogP) is 8.33. The van der Waals surface area contributed by atoms with E-state index >= 15 is 0 Å². The van der Waals surface area contributed by atoms with Gasteiger partial charge in [0.25, 0.3) is 0 Å². The van der Waals surface area contributed by atoms with Gasteiger partial charge in [-0.1, -0.05) is 73.4 Å². The van der Waals surface area contributed by atoms with Gasteiger partial charge in [-0.15, -0.1) is 0 Å². The molecule has 0 radical (unpaired) electrons. The van der Waals surface area contributed by atoms with Crippen LogP contribution in [0, 0.1) is 0 Å². The molecule has 0 unspecified atom stereocenters. The van der Waals surface area contributed by atoms with E-state index in [1.165, 1.54) is 0 Å². The topological polar surface area (TPSA) is 57.9 Å². The Morgan fingerprint density at radius 1 is 0.900 bits per heavy atom. The van der Waals surface area contributed by atoms with Crippen LogP contribution in [0.25, 0.3) is 21.8 Å². The van der Waals surface area contributed by atoms with Crippen LogP contribution in [0.15, 0.2) is 42.5 Å². The summed E-state index contributed by atoms with van der Waals surface area (Å²) in [7, 11) is 0. The number of rotatable bonds is 3. The molecular weight excluding hydrogens is 466 g/mol. The summed E-state index contributed by atoms with van der Waals surface area (Å²) in [5.41, 5.74) is 2.54. The van der Waals surface area contributed by atoms with Crippen LogP contribution in [0.4, 0.5) is 0 Å². The maximum absolute atomic E-state index is 11.5. The lowest BCUT2D eigenvalue weighted by Gasteiger charge is -2.01. The molecule has 0 aliphatic carbocycles. The number of hydrogen-bond acceptors (Lipinski definition) is 2. The van der Waals surface area contributed by atoms with Gasteiger partial charge < -0.3 is 14.7 Å². The first-order chi connectivity index (χ1) is 13.4. The standard InChI is InChI=1S/C12H11Cl2NO2.C8H5Cl2N.2CH4/c1-2-17-11(16)6-9-8-4-3-7(13)5-10(8)15-12(9)14;9-6-2-1-5-3-8(10)11-7(5)4-6;;/h3-5,15H,2,6H2,1H3;1-4,11H;2*1H4. The molecule has 8 heteroatoms. The molecule has 0 aliphatic heterocycles. The zero-order valence-corrected chi connectivity index (χ0v) is 17.8. The fourth-order valence-electron chi connectivity index (χ4n) is 2.79. The molecule has 0 spiro atoms. The molecule has 0 saturated carbocycles. The fraction of sp³-hybridized carbons (Fsp3) is 0.227. The third kappa shape index (κ3) is 6.32. The number of benzene rings is 2. The zero-order chi connectivity index (χ0) is 20.3. The summed E-state index contributed by atoms with van der Waals surface area (Å²) >= 11 is 23.4. The zero-order valence-electron chi connectivity index (χ0n) is 14.8. The first kappa shape index (κ1) is 26.2. The van der Waals surface area contributed by atoms with Crippen molar-refractivity contribution in [1.82, 2.24) is 9.97 Å². The highest BCUT2D eigenvalue weighted by Gasteiger charge is 2.14. The third-order valence-electron chi connectivity index (χ3n) is 3.99. The molecule has 0 aliphatic rings. The van der Waals surface area contributed by atoms with Crippen LogP contribution in [-0.4, -0.2) is 22.5 Å². The van der Waals surface area contributed by atoms with E-state index in [2.05, 4.69) is 9.97 Å². The number of H-pyrrole nitrogens is 2. The van der Waals surface area contributed by atoms with Gasteiger partial charge in [0.05, 0.1) is 13.0 Å². The van der Waals surface area contributed by atoms with Gasteiger partial charge in [0.1, 0.15) is 10.3 Å². The summed E-state index contributed by atoms with van der Waals surface area (Å²) in [6.07, 6.45) is 0.161. The largest absolute Gasteiger partial charge is 0.466 e. The van der Waals surface area contributed by atoms with Gasteiger partial charge in [0.2, 0.25) is 0 Å². The quantitative estimate of drug-likeness (QED) is 0.284. The third-order valence-corrected chi connectivity index (χ3v) is 4.99. The van der Waals surface area contributed by atoms with Crippen LogP contribution in [0.5, 0.6) is 0 Å². The molecule has 2 N–H and O–H groups in total. The van der Waals surface area contributed by atoms with Crippen molar-refractivity contribution in [2.75, 3.05) is 6.61 Å². The molecule has 2 heterocycles. The summed E-state index contributed by atoms with van der Waals surface area (Å²) in [4.78, 5) is 17.4. The Kier molecular flexibility index (Phi) is 10.1. The van der Waals surface area contributed by atoms with E-state index in [4.69, 9.17) is 51.1 Å². The fourth-order valence-corrected chi connectivity index (χ4v) is 3.62. The molecule has 4 rings (SSSR count). The maximum atomic E-state index is 11.5. The molecule has 2 aromatic heterocycles. The van der Waals surface area contributed by atoms with E-state index in [9.17, 15) is 4.79 Å². The molecule has 4 nitrogen and oxygen atoms in total. The van der Waals surface area contributed by atoms with Crippen molar-refractivity contribution in [3.8, 4) is 0 Å². The molecule has 0 saturated heterocycles. The highest BCUT2D eigenvalue weighted by atomic mass is 35.5. The van der Waals surface area contributed by atoms with E-state index in [0.717, 1.165) is 32.4 Å². The minimum atomic E-state index is -0.287. The molecule has 30 heavy (non-hydrogen) atoms. The van der Waals surface area contributed by atoms with Crippen LogP contribution >= 0.6 is 46.4 Å². The molecule has 0 bridgehead atoms. The number of carbonyl (C=O) groups is 1. The predicted molar refractivity (Wildman–Crippen MR) is 130 cm³/mol. The summed E-state index contributed by atoms with van der Waals surface area (Å²) < 4.78 is 4.91. The minimum absolute atomic E-state index is 0. The van der Waals surface area contributed by atoms with Gasteiger partial charge in [0.15, 0.2) is 0 Å². The first-order valence-corrected chi connectivity index (χ1v) is 9.93. The maximum Gasteiger partial charge on any atom is 0.310 e. The molecule has 0 amide bonds. The number of nitrogens with one attached hydrogen (secondary N) is 2. The number of fused-ring (bicyclic) bond motifs is 2. The van der Waals surface area contributed by atoms with Gasteiger partial charge in [-0.05, 0) is 37.3 Å². The average molecular weight is 490 g/mol. The lowest BCUT2D eigenvalue weighted by molar-refractivity contribution is -0.142. The summed E-state index contributed by atoms with van der Waals surface area (Å²) in [6.45, 7) is 2.14. The van der Waals surface area contributed by atoms with Crippen molar-refractivity contribution in [2.45, 2.75) is 28.2 Å². The smallest absolute Gasteiger partial charge is 0.310 e. The normalized spacial score (nSPS) is 10.0. The number of ether oxygens (including phenoxy) is 1. The number of aromatic amines is 2. The highest BCUT2D eigenvalue weighted by molar-refractivity contribution is 6.33. The molecule has 0 atom stereocenters. The molecule has 162 valence electrons. The second kappa shape index (κ2) is 11.5. The molecule has 4 aromatic rings. The lowest BCUT2D eigenvalue weighted by Crippen LogP contribution is -2.07.